The van der Waals surface area contributed by atoms with Gasteiger partial charge in [-0.15, -0.1) is 0 Å². The summed E-state index contributed by atoms with van der Waals surface area (Å²) in [6.45, 7) is 1.93. The van der Waals surface area contributed by atoms with Crippen molar-refractivity contribution in [2.75, 3.05) is 11.9 Å². The number of carbonyl (C=O) groups is 1. The van der Waals surface area contributed by atoms with E-state index >= 15 is 0 Å². The second kappa shape index (κ2) is 7.60. The Hall–Kier alpha value is -3.48. The van der Waals surface area contributed by atoms with E-state index in [9.17, 15) is 14.9 Å². The fourth-order valence-corrected chi connectivity index (χ4v) is 2.63. The lowest BCUT2D eigenvalue weighted by atomic mass is 10.1. The summed E-state index contributed by atoms with van der Waals surface area (Å²) in [7, 11) is 0. The number of carbonyl (C=O) groups excluding carboxylic acids is 1. The van der Waals surface area contributed by atoms with Gasteiger partial charge in [0.15, 0.2) is 5.78 Å². The van der Waals surface area contributed by atoms with Gasteiger partial charge in [0.1, 0.15) is 5.69 Å². The number of nitro groups is 1. The van der Waals surface area contributed by atoms with E-state index in [1.807, 2.05) is 36.5 Å². The van der Waals surface area contributed by atoms with Gasteiger partial charge in [0.05, 0.1) is 10.6 Å². The topological polar surface area (TPSA) is 90.1 Å². The average Bonchev–Trinajstić information content (AvgIpc) is 3.17. The molecule has 0 fully saturated rings. The summed E-state index contributed by atoms with van der Waals surface area (Å²) < 4.78 is 1.78. The van der Waals surface area contributed by atoms with Crippen molar-refractivity contribution >= 4 is 17.2 Å². The van der Waals surface area contributed by atoms with Crippen LogP contribution in [0.3, 0.4) is 0 Å². The summed E-state index contributed by atoms with van der Waals surface area (Å²) in [5.74, 6) is -0.197. The monoisotopic (exact) mass is 350 g/mol. The lowest BCUT2D eigenvalue weighted by Gasteiger charge is -2.09. The molecule has 0 radical (unpaired) electrons. The highest BCUT2D eigenvalue weighted by molar-refractivity contribution is 5.95. The zero-order valence-corrected chi connectivity index (χ0v) is 14.3. The fourth-order valence-electron chi connectivity index (χ4n) is 2.63. The molecule has 0 saturated heterocycles. The van der Waals surface area contributed by atoms with Crippen molar-refractivity contribution in [1.82, 2.24) is 9.78 Å². The first-order chi connectivity index (χ1) is 12.5. The number of rotatable bonds is 7. The highest BCUT2D eigenvalue weighted by Crippen LogP contribution is 2.25. The van der Waals surface area contributed by atoms with E-state index in [0.29, 0.717) is 24.2 Å². The average molecular weight is 350 g/mol. The quantitative estimate of drug-likeness (QED) is 0.399. The molecular formula is C19H18N4O3. The predicted octanol–water partition coefficient (Wildman–Crippen LogP) is 3.64. The second-order valence-corrected chi connectivity index (χ2v) is 5.84. The van der Waals surface area contributed by atoms with Crippen molar-refractivity contribution in [3.63, 3.8) is 0 Å². The van der Waals surface area contributed by atoms with Crippen molar-refractivity contribution < 1.29 is 9.72 Å². The Morgan fingerprint density at radius 2 is 2.00 bits per heavy atom. The fraction of sp³-hybridized carbons (Fsp3) is 0.158. The van der Waals surface area contributed by atoms with Crippen molar-refractivity contribution in [3.8, 4) is 5.69 Å². The number of hydrogen-bond donors (Lipinski definition) is 1. The van der Waals surface area contributed by atoms with Crippen LogP contribution >= 0.6 is 0 Å². The Kier molecular flexibility index (Phi) is 5.07. The summed E-state index contributed by atoms with van der Waals surface area (Å²) in [6, 6.07) is 14.3. The van der Waals surface area contributed by atoms with Crippen LogP contribution < -0.4 is 5.32 Å². The highest BCUT2D eigenvalue weighted by Gasteiger charge is 2.15. The Morgan fingerprint density at radius 3 is 2.62 bits per heavy atom. The third-order valence-corrected chi connectivity index (χ3v) is 4.04. The molecule has 2 aromatic carbocycles. The number of nitrogens with zero attached hydrogens (tertiary/aromatic N) is 3. The maximum Gasteiger partial charge on any atom is 0.293 e. The van der Waals surface area contributed by atoms with E-state index < -0.39 is 4.92 Å². The normalized spacial score (nSPS) is 10.5. The van der Waals surface area contributed by atoms with Gasteiger partial charge in [0, 0.05) is 30.6 Å². The predicted molar refractivity (Wildman–Crippen MR) is 98.9 cm³/mol. The van der Waals surface area contributed by atoms with Crippen LogP contribution in [-0.2, 0) is 6.42 Å². The molecule has 1 aromatic heterocycles. The number of hydrogen-bond acceptors (Lipinski definition) is 5. The largest absolute Gasteiger partial charge is 0.379 e. The molecule has 0 saturated carbocycles. The van der Waals surface area contributed by atoms with Crippen molar-refractivity contribution in [3.05, 3.63) is 82.2 Å². The van der Waals surface area contributed by atoms with Gasteiger partial charge in [-0.05, 0) is 49.2 Å². The van der Waals surface area contributed by atoms with Crippen LogP contribution in [0.5, 0.6) is 0 Å². The molecule has 26 heavy (non-hydrogen) atoms. The van der Waals surface area contributed by atoms with Crippen LogP contribution in [0.4, 0.5) is 11.4 Å². The highest BCUT2D eigenvalue weighted by atomic mass is 16.6. The van der Waals surface area contributed by atoms with Crippen LogP contribution in [0.1, 0.15) is 22.8 Å². The van der Waals surface area contributed by atoms with E-state index in [1.54, 1.807) is 23.0 Å². The molecule has 0 bridgehead atoms. The van der Waals surface area contributed by atoms with Crippen LogP contribution in [-0.4, -0.2) is 27.0 Å². The number of Topliss-reactive ketones (excluding diaryl/α,β-unsaturated/α-hetero) is 1. The third kappa shape index (κ3) is 3.94. The Balaban J connectivity index is 1.64. The first kappa shape index (κ1) is 17.3. The SMILES string of the molecule is CC(=O)c1ccc(NCCc2ccc(-n3cccn3)cc2)c([N+](=O)[O-])c1. The van der Waals surface area contributed by atoms with Crippen LogP contribution in [0.2, 0.25) is 0 Å². The van der Waals surface area contributed by atoms with Gasteiger partial charge in [0.2, 0.25) is 0 Å². The molecule has 0 aliphatic heterocycles. The van der Waals surface area contributed by atoms with Crippen LogP contribution in [0.25, 0.3) is 5.69 Å². The third-order valence-electron chi connectivity index (χ3n) is 4.04. The number of aromatic nitrogens is 2. The second-order valence-electron chi connectivity index (χ2n) is 5.84. The molecule has 7 nitrogen and oxygen atoms in total. The van der Waals surface area contributed by atoms with E-state index in [0.717, 1.165) is 11.3 Å². The van der Waals surface area contributed by atoms with Gasteiger partial charge in [-0.3, -0.25) is 14.9 Å². The van der Waals surface area contributed by atoms with Crippen molar-refractivity contribution in [2.24, 2.45) is 0 Å². The Labute approximate surface area is 150 Å². The smallest absolute Gasteiger partial charge is 0.293 e. The Bertz CT molecular complexity index is 918. The van der Waals surface area contributed by atoms with Crippen molar-refractivity contribution in [2.45, 2.75) is 13.3 Å². The van der Waals surface area contributed by atoms with E-state index in [2.05, 4.69) is 10.4 Å². The number of nitro benzene ring substituents is 1. The van der Waals surface area contributed by atoms with Gasteiger partial charge >= 0.3 is 0 Å². The molecule has 1 N–H and O–H groups in total. The minimum atomic E-state index is -0.479. The van der Waals surface area contributed by atoms with Crippen LogP contribution in [0.15, 0.2) is 60.9 Å². The molecule has 0 atom stereocenters. The summed E-state index contributed by atoms with van der Waals surface area (Å²) in [6.07, 6.45) is 4.31. The Morgan fingerprint density at radius 1 is 1.23 bits per heavy atom. The van der Waals surface area contributed by atoms with E-state index in [4.69, 9.17) is 0 Å². The minimum Gasteiger partial charge on any atom is -0.379 e. The van der Waals surface area contributed by atoms with Gasteiger partial charge < -0.3 is 5.32 Å². The van der Waals surface area contributed by atoms with Gasteiger partial charge in [-0.2, -0.15) is 5.10 Å². The van der Waals surface area contributed by atoms with E-state index in [-0.39, 0.29) is 11.5 Å². The van der Waals surface area contributed by atoms with Crippen molar-refractivity contribution in [1.29, 1.82) is 0 Å². The first-order valence-electron chi connectivity index (χ1n) is 8.17. The molecule has 7 heteroatoms. The minimum absolute atomic E-state index is 0.0910. The van der Waals surface area contributed by atoms with Crippen LogP contribution in [0, 0.1) is 10.1 Å². The number of benzene rings is 2. The number of nitrogens with one attached hydrogen (secondary N) is 1. The maximum absolute atomic E-state index is 11.4. The molecule has 0 spiro atoms. The zero-order valence-electron chi connectivity index (χ0n) is 14.3. The lowest BCUT2D eigenvalue weighted by Crippen LogP contribution is -2.08. The molecular weight excluding hydrogens is 332 g/mol. The van der Waals surface area contributed by atoms with E-state index in [1.165, 1.54) is 13.0 Å². The molecule has 0 aliphatic carbocycles. The molecule has 0 unspecified atom stereocenters. The maximum atomic E-state index is 11.4. The zero-order chi connectivity index (χ0) is 18.5. The number of ketones is 1. The molecule has 3 aromatic rings. The molecule has 1 heterocycles. The summed E-state index contributed by atoms with van der Waals surface area (Å²) in [5.41, 5.74) is 2.73. The summed E-state index contributed by atoms with van der Waals surface area (Å²) in [5, 5.41) is 18.5. The molecule has 0 aliphatic rings. The number of anilines is 1. The summed E-state index contributed by atoms with van der Waals surface area (Å²) >= 11 is 0. The lowest BCUT2D eigenvalue weighted by molar-refractivity contribution is -0.384. The molecule has 132 valence electrons. The summed E-state index contributed by atoms with van der Waals surface area (Å²) in [4.78, 5) is 22.1. The standard InChI is InChI=1S/C19H18N4O3/c1-14(24)16-5-8-18(19(13-16)23(25)26)20-11-9-15-3-6-17(7-4-15)22-12-2-10-21-22/h2-8,10,12-13,20H,9,11H2,1H3. The van der Waals surface area contributed by atoms with Gasteiger partial charge in [0.25, 0.3) is 5.69 Å². The van der Waals surface area contributed by atoms with Gasteiger partial charge in [-0.25, -0.2) is 4.68 Å². The van der Waals surface area contributed by atoms with Gasteiger partial charge in [-0.1, -0.05) is 12.1 Å². The first-order valence-corrected chi connectivity index (χ1v) is 8.17. The molecule has 0 amide bonds. The molecule has 3 rings (SSSR count).